The molecule has 0 fully saturated rings. The number of hydrogen-bond acceptors (Lipinski definition) is 3. The highest BCUT2D eigenvalue weighted by molar-refractivity contribution is 9.10. The van der Waals surface area contributed by atoms with Crippen LogP contribution in [-0.2, 0) is 9.90 Å². The number of benzene rings is 4. The van der Waals surface area contributed by atoms with Gasteiger partial charge < -0.3 is 4.84 Å². The Labute approximate surface area is 326 Å². The van der Waals surface area contributed by atoms with Gasteiger partial charge in [0.2, 0.25) is 5.06 Å². The van der Waals surface area contributed by atoms with Gasteiger partial charge in [0.1, 0.15) is 11.6 Å². The third-order valence-electron chi connectivity index (χ3n) is 7.13. The molecule has 0 aromatic heterocycles. The van der Waals surface area contributed by atoms with E-state index in [1.807, 2.05) is 6.92 Å². The summed E-state index contributed by atoms with van der Waals surface area (Å²) in [6.45, 7) is 3.64. The summed E-state index contributed by atoms with van der Waals surface area (Å²) in [5.41, 5.74) is 2.09. The van der Waals surface area contributed by atoms with Gasteiger partial charge in [0.05, 0.1) is 0 Å². The van der Waals surface area contributed by atoms with E-state index in [1.54, 1.807) is 37.3 Å². The summed E-state index contributed by atoms with van der Waals surface area (Å²) in [6.07, 6.45) is -2.00. The number of aryl methyl sites for hydroxylation is 2. The first kappa shape index (κ1) is 40.0. The molecular weight excluding hydrogens is 903 g/mol. The van der Waals surface area contributed by atoms with Gasteiger partial charge in [-0.05, 0) is 115 Å². The van der Waals surface area contributed by atoms with E-state index in [-0.39, 0.29) is 42.5 Å². The summed E-state index contributed by atoms with van der Waals surface area (Å²) >= 11 is 42.0. The Balaban J connectivity index is 0.000000221. The average molecular weight is 924 g/mol. The second-order valence-corrected chi connectivity index (χ2v) is 15.2. The molecule has 0 N–H and O–H groups in total. The monoisotopic (exact) mass is 919 g/mol. The maximum atomic E-state index is 13.9. The molecule has 4 aromatic carbocycles. The largest absolute Gasteiger partial charge is 0.367 e. The van der Waals surface area contributed by atoms with Crippen molar-refractivity contribution in [2.75, 3.05) is 0 Å². The van der Waals surface area contributed by atoms with Crippen molar-refractivity contribution in [3.05, 3.63) is 141 Å². The lowest BCUT2D eigenvalue weighted by Gasteiger charge is -2.27. The molecule has 15 heteroatoms. The van der Waals surface area contributed by atoms with Gasteiger partial charge in [-0.3, -0.25) is 4.79 Å². The summed E-state index contributed by atoms with van der Waals surface area (Å²) < 4.78 is 57.1. The van der Waals surface area contributed by atoms with Crippen LogP contribution in [0.3, 0.4) is 0 Å². The van der Waals surface area contributed by atoms with Crippen molar-refractivity contribution >= 4 is 119 Å². The van der Waals surface area contributed by atoms with E-state index in [0.717, 1.165) is 26.1 Å². The predicted octanol–water partition coefficient (Wildman–Crippen LogP) is 13.9. The lowest BCUT2D eigenvalue weighted by atomic mass is 9.88. The van der Waals surface area contributed by atoms with Gasteiger partial charge >= 0.3 is 5.38 Å². The molecule has 258 valence electrons. The normalized spacial score (nSPS) is 17.7. The molecule has 1 aliphatic heterocycles. The molecule has 0 amide bonds. The van der Waals surface area contributed by atoms with Crippen molar-refractivity contribution < 1.29 is 27.2 Å². The molecule has 1 aliphatic rings. The Kier molecular flexibility index (Phi) is 13.2. The molecule has 49 heavy (non-hydrogen) atoms. The molecule has 2 unspecified atom stereocenters. The minimum absolute atomic E-state index is 0.0188. The lowest BCUT2D eigenvalue weighted by Crippen LogP contribution is -2.36. The Bertz CT molecular complexity index is 1930. The topological polar surface area (TPSA) is 38.7 Å². The van der Waals surface area contributed by atoms with Crippen LogP contribution in [0.15, 0.2) is 93.0 Å². The molecule has 0 saturated heterocycles. The summed E-state index contributed by atoms with van der Waals surface area (Å²) in [4.78, 5) is 17.7. The van der Waals surface area contributed by atoms with Gasteiger partial charge in [-0.15, -0.1) is 0 Å². The van der Waals surface area contributed by atoms with Crippen molar-refractivity contribution in [2.24, 2.45) is 11.1 Å². The van der Waals surface area contributed by atoms with Crippen LogP contribution in [-0.4, -0.2) is 23.3 Å². The van der Waals surface area contributed by atoms with Gasteiger partial charge in [0.15, 0.2) is 5.78 Å². The number of ketones is 1. The highest BCUT2D eigenvalue weighted by Gasteiger charge is 2.54. The Morgan fingerprint density at radius 2 is 1.35 bits per heavy atom. The quantitative estimate of drug-likeness (QED) is 0.0802. The second kappa shape index (κ2) is 16.2. The molecule has 1 heterocycles. The molecule has 3 nitrogen and oxygen atoms in total. The fourth-order valence-electron chi connectivity index (χ4n) is 4.76. The minimum Gasteiger partial charge on any atom is -0.367 e. The number of allylic oxidation sites excluding steroid dienone is 2. The molecule has 0 aliphatic carbocycles. The van der Waals surface area contributed by atoms with Crippen LogP contribution in [0.1, 0.15) is 38.2 Å². The molecule has 0 saturated carbocycles. The van der Waals surface area contributed by atoms with Crippen molar-refractivity contribution in [2.45, 2.75) is 30.7 Å². The second-order valence-electron chi connectivity index (χ2n) is 10.7. The number of nitrogens with zero attached hydrogens (tertiary/aromatic N) is 1. The summed E-state index contributed by atoms with van der Waals surface area (Å²) in [6, 6.07) is 18.3. The highest BCUT2D eigenvalue weighted by atomic mass is 79.9. The minimum atomic E-state index is -3.76. The number of halogens is 12. The molecular formula is C34H21Br2Cl6F4NO2. The number of oxime groups is 1. The summed E-state index contributed by atoms with van der Waals surface area (Å²) in [5, 5.41) is -0.907. The van der Waals surface area contributed by atoms with E-state index in [9.17, 15) is 22.4 Å². The van der Waals surface area contributed by atoms with Crippen molar-refractivity contribution in [1.82, 2.24) is 0 Å². The number of alkyl halides is 6. The van der Waals surface area contributed by atoms with Crippen molar-refractivity contribution in [3.8, 4) is 0 Å². The van der Waals surface area contributed by atoms with Gasteiger partial charge in [0.25, 0.3) is 6.43 Å². The van der Waals surface area contributed by atoms with E-state index >= 15 is 0 Å². The van der Waals surface area contributed by atoms with E-state index in [2.05, 4.69) is 37.0 Å². The summed E-state index contributed by atoms with van der Waals surface area (Å²) in [7, 11) is 0. The zero-order valence-electron chi connectivity index (χ0n) is 25.0. The first-order valence-electron chi connectivity index (χ1n) is 13.8. The Morgan fingerprint density at radius 1 is 0.837 bits per heavy atom. The Morgan fingerprint density at radius 3 is 1.84 bits per heavy atom. The number of rotatable bonds is 7. The SMILES string of the molecule is Cc1cc(C(=O)C=C(c2cc(Cl)cc(Cl)c2)C(F)(F)Cl)ccc1Br.Cc1cc(C2=NOC(Cl)(c3cc(Cl)cc(Cl)c3)C2C(F)F)ccc1Br. The highest BCUT2D eigenvalue weighted by Crippen LogP contribution is 2.48. The maximum absolute atomic E-state index is 13.9. The molecule has 5 rings (SSSR count). The van der Waals surface area contributed by atoms with Crippen LogP contribution in [0, 0.1) is 19.8 Å². The average Bonchev–Trinajstić information content (AvgIpc) is 3.36. The third-order valence-corrected chi connectivity index (χ3v) is 10.5. The first-order chi connectivity index (χ1) is 22.8. The van der Waals surface area contributed by atoms with E-state index in [1.165, 1.54) is 42.5 Å². The molecule has 0 spiro atoms. The predicted molar refractivity (Wildman–Crippen MR) is 198 cm³/mol. The van der Waals surface area contributed by atoms with E-state index < -0.39 is 34.1 Å². The van der Waals surface area contributed by atoms with Crippen molar-refractivity contribution in [3.63, 3.8) is 0 Å². The third kappa shape index (κ3) is 9.74. The number of carbonyl (C=O) groups is 1. The zero-order valence-corrected chi connectivity index (χ0v) is 32.7. The molecule has 0 radical (unpaired) electrons. The van der Waals surface area contributed by atoms with E-state index in [4.69, 9.17) is 74.4 Å². The number of carbonyl (C=O) groups excluding carboxylic acids is 1. The molecule has 2 atom stereocenters. The van der Waals surface area contributed by atoms with Crippen LogP contribution in [0.4, 0.5) is 17.6 Å². The maximum Gasteiger partial charge on any atom is 0.348 e. The van der Waals surface area contributed by atoms with Crippen LogP contribution < -0.4 is 0 Å². The summed E-state index contributed by atoms with van der Waals surface area (Å²) in [5.74, 6) is -2.08. The standard InChI is InChI=1S/C17H11BrCl3F2NO.C17H10BrCl3F2O/c1-8-4-9(2-3-13(8)18)15-14(16(22)23)17(21,25-24-15)10-5-11(19)7-12(20)6-10;1-9-4-10(2-3-15(9)18)16(24)8-14(17(21,22)23)11-5-12(19)7-13(20)6-11/h2-7,14,16H,1H3;2-8H,1H3. The van der Waals surface area contributed by atoms with Gasteiger partial charge in [0, 0.05) is 51.3 Å². The molecule has 4 aromatic rings. The van der Waals surface area contributed by atoms with Crippen LogP contribution in [0.25, 0.3) is 5.57 Å². The van der Waals surface area contributed by atoms with Crippen LogP contribution >= 0.6 is 101 Å². The van der Waals surface area contributed by atoms with Crippen LogP contribution in [0.5, 0.6) is 0 Å². The van der Waals surface area contributed by atoms with Crippen LogP contribution in [0.2, 0.25) is 20.1 Å². The molecule has 0 bridgehead atoms. The van der Waals surface area contributed by atoms with E-state index in [0.29, 0.717) is 5.56 Å². The Hall–Kier alpha value is -1.82. The van der Waals surface area contributed by atoms with Crippen molar-refractivity contribution in [1.29, 1.82) is 0 Å². The smallest absolute Gasteiger partial charge is 0.348 e. The van der Waals surface area contributed by atoms with Gasteiger partial charge in [-0.2, -0.15) is 8.78 Å². The lowest BCUT2D eigenvalue weighted by molar-refractivity contribution is -0.0286. The van der Waals surface area contributed by atoms with Gasteiger partial charge in [-0.25, -0.2) is 8.78 Å². The fourth-order valence-corrected chi connectivity index (χ4v) is 6.81. The first-order valence-corrected chi connectivity index (χ1v) is 17.7. The number of hydrogen-bond donors (Lipinski definition) is 0. The fraction of sp³-hybridized carbons (Fsp3) is 0.176. The zero-order chi connectivity index (χ0) is 36.4. The van der Waals surface area contributed by atoms with Gasteiger partial charge in [-0.1, -0.05) is 101 Å².